The van der Waals surface area contributed by atoms with E-state index in [4.69, 9.17) is 0 Å². The van der Waals surface area contributed by atoms with E-state index in [0.717, 1.165) is 18.8 Å². The monoisotopic (exact) mass is 272 g/mol. The number of rotatable bonds is 4. The third kappa shape index (κ3) is 4.42. The maximum atomic E-state index is 12.5. The van der Waals surface area contributed by atoms with E-state index in [9.17, 15) is 13.2 Å². The van der Waals surface area contributed by atoms with Gasteiger partial charge in [-0.25, -0.2) is 0 Å². The van der Waals surface area contributed by atoms with Crippen molar-refractivity contribution in [2.24, 2.45) is 5.92 Å². The maximum absolute atomic E-state index is 12.5. The number of hydrogen-bond donors (Lipinski definition) is 1. The van der Waals surface area contributed by atoms with Crippen LogP contribution in [0.15, 0.2) is 30.3 Å². The van der Waals surface area contributed by atoms with Gasteiger partial charge in [0.05, 0.1) is 5.92 Å². The molecule has 2 nitrogen and oxygen atoms in total. The molecular formula is C14H19F3N2. The summed E-state index contributed by atoms with van der Waals surface area (Å²) < 4.78 is 37.5. The molecule has 1 aliphatic rings. The van der Waals surface area contributed by atoms with E-state index in [0.29, 0.717) is 13.1 Å². The summed E-state index contributed by atoms with van der Waals surface area (Å²) in [5.74, 6) is -1.11. The number of likely N-dealkylation sites (tertiary alicyclic amines) is 1. The smallest absolute Gasteiger partial charge is 0.384 e. The molecule has 0 unspecified atom stereocenters. The first-order chi connectivity index (χ1) is 9.05. The Morgan fingerprint density at radius 3 is 2.32 bits per heavy atom. The van der Waals surface area contributed by atoms with Gasteiger partial charge in [-0.05, 0) is 38.1 Å². The van der Waals surface area contributed by atoms with Gasteiger partial charge in [-0.2, -0.15) is 13.2 Å². The minimum Gasteiger partial charge on any atom is -0.384 e. The molecule has 1 aromatic carbocycles. The number of hydrogen-bond acceptors (Lipinski definition) is 2. The molecule has 0 bridgehead atoms. The molecule has 0 atom stereocenters. The second kappa shape index (κ2) is 6.28. The van der Waals surface area contributed by atoms with Crippen LogP contribution in [-0.2, 0) is 0 Å². The van der Waals surface area contributed by atoms with E-state index in [-0.39, 0.29) is 12.8 Å². The molecule has 0 amide bonds. The highest BCUT2D eigenvalue weighted by Gasteiger charge is 2.40. The summed E-state index contributed by atoms with van der Waals surface area (Å²) in [5.41, 5.74) is 1.05. The number of benzene rings is 1. The zero-order valence-corrected chi connectivity index (χ0v) is 10.8. The van der Waals surface area contributed by atoms with Crippen molar-refractivity contribution in [2.75, 3.05) is 31.5 Å². The van der Waals surface area contributed by atoms with Gasteiger partial charge in [0.1, 0.15) is 0 Å². The predicted octanol–water partition coefficient (Wildman–Crippen LogP) is 3.37. The summed E-state index contributed by atoms with van der Waals surface area (Å²) in [7, 11) is 0. The first-order valence-electron chi connectivity index (χ1n) is 6.64. The zero-order valence-electron chi connectivity index (χ0n) is 10.8. The lowest BCUT2D eigenvalue weighted by Gasteiger charge is -2.32. The fourth-order valence-electron chi connectivity index (χ4n) is 2.40. The van der Waals surface area contributed by atoms with Crippen molar-refractivity contribution in [1.29, 1.82) is 0 Å². The van der Waals surface area contributed by atoms with Gasteiger partial charge in [-0.15, -0.1) is 0 Å². The van der Waals surface area contributed by atoms with E-state index >= 15 is 0 Å². The normalized spacial score (nSPS) is 18.5. The number of nitrogens with one attached hydrogen (secondary N) is 1. The number of nitrogens with zero attached hydrogens (tertiary/aromatic N) is 1. The molecule has 0 aliphatic carbocycles. The number of anilines is 1. The summed E-state index contributed by atoms with van der Waals surface area (Å²) in [5, 5.41) is 3.27. The lowest BCUT2D eigenvalue weighted by molar-refractivity contribution is -0.184. The molecule has 0 aromatic heterocycles. The largest absolute Gasteiger partial charge is 0.391 e. The van der Waals surface area contributed by atoms with E-state index < -0.39 is 12.1 Å². The molecule has 19 heavy (non-hydrogen) atoms. The van der Waals surface area contributed by atoms with Gasteiger partial charge in [0.2, 0.25) is 0 Å². The summed E-state index contributed by atoms with van der Waals surface area (Å²) >= 11 is 0. The molecular weight excluding hydrogens is 253 g/mol. The lowest BCUT2D eigenvalue weighted by atomic mass is 9.96. The predicted molar refractivity (Wildman–Crippen MR) is 70.2 cm³/mol. The van der Waals surface area contributed by atoms with Crippen molar-refractivity contribution in [3.05, 3.63) is 30.3 Å². The van der Waals surface area contributed by atoms with Gasteiger partial charge in [0, 0.05) is 18.8 Å². The highest BCUT2D eigenvalue weighted by Crippen LogP contribution is 2.33. The van der Waals surface area contributed by atoms with Crippen molar-refractivity contribution in [3.63, 3.8) is 0 Å². The molecule has 0 spiro atoms. The lowest BCUT2D eigenvalue weighted by Crippen LogP contribution is -2.40. The second-order valence-electron chi connectivity index (χ2n) is 4.95. The molecule has 1 heterocycles. The molecule has 1 aromatic rings. The van der Waals surface area contributed by atoms with Gasteiger partial charge in [0.25, 0.3) is 0 Å². The second-order valence-corrected chi connectivity index (χ2v) is 4.95. The van der Waals surface area contributed by atoms with E-state index in [1.165, 1.54) is 0 Å². The number of alkyl halides is 3. The summed E-state index contributed by atoms with van der Waals surface area (Å²) in [6.07, 6.45) is -3.56. The standard InChI is InChI=1S/C14H19F3N2/c15-14(16,17)12-6-9-19(10-7-12)11-8-18-13-4-2-1-3-5-13/h1-5,12,18H,6-11H2. The van der Waals surface area contributed by atoms with Crippen LogP contribution in [0.5, 0.6) is 0 Å². The Morgan fingerprint density at radius 1 is 1.11 bits per heavy atom. The van der Waals surface area contributed by atoms with Crippen molar-refractivity contribution in [1.82, 2.24) is 4.90 Å². The van der Waals surface area contributed by atoms with Crippen LogP contribution in [0.25, 0.3) is 0 Å². The van der Waals surface area contributed by atoms with Crippen molar-refractivity contribution in [2.45, 2.75) is 19.0 Å². The topological polar surface area (TPSA) is 15.3 Å². The summed E-state index contributed by atoms with van der Waals surface area (Å²) in [4.78, 5) is 2.10. The van der Waals surface area contributed by atoms with Gasteiger partial charge in [-0.1, -0.05) is 18.2 Å². The molecule has 1 aliphatic heterocycles. The van der Waals surface area contributed by atoms with Gasteiger partial charge < -0.3 is 10.2 Å². The summed E-state index contributed by atoms with van der Waals surface area (Å²) in [6.45, 7) is 2.64. The summed E-state index contributed by atoms with van der Waals surface area (Å²) in [6, 6.07) is 9.83. The molecule has 0 radical (unpaired) electrons. The van der Waals surface area contributed by atoms with Crippen LogP contribution < -0.4 is 5.32 Å². The highest BCUT2D eigenvalue weighted by molar-refractivity contribution is 5.42. The Hall–Kier alpha value is -1.23. The van der Waals surface area contributed by atoms with Crippen LogP contribution in [0, 0.1) is 5.92 Å². The Labute approximate surface area is 111 Å². The zero-order chi connectivity index (χ0) is 13.7. The third-order valence-electron chi connectivity index (χ3n) is 3.58. The minimum atomic E-state index is -4.02. The van der Waals surface area contributed by atoms with E-state index in [2.05, 4.69) is 10.2 Å². The van der Waals surface area contributed by atoms with Crippen LogP contribution in [0.4, 0.5) is 18.9 Å². The maximum Gasteiger partial charge on any atom is 0.391 e. The molecule has 106 valence electrons. The Balaban J connectivity index is 1.66. The molecule has 1 saturated heterocycles. The van der Waals surface area contributed by atoms with Crippen LogP contribution >= 0.6 is 0 Å². The van der Waals surface area contributed by atoms with Crippen LogP contribution in [-0.4, -0.2) is 37.3 Å². The van der Waals surface area contributed by atoms with E-state index in [1.807, 2.05) is 30.3 Å². The van der Waals surface area contributed by atoms with E-state index in [1.54, 1.807) is 0 Å². The molecule has 2 rings (SSSR count). The molecule has 1 N–H and O–H groups in total. The van der Waals surface area contributed by atoms with Crippen molar-refractivity contribution < 1.29 is 13.2 Å². The average molecular weight is 272 g/mol. The number of piperidine rings is 1. The van der Waals surface area contributed by atoms with Crippen LogP contribution in [0.3, 0.4) is 0 Å². The SMILES string of the molecule is FC(F)(F)C1CCN(CCNc2ccccc2)CC1. The first-order valence-corrected chi connectivity index (χ1v) is 6.64. The fraction of sp³-hybridized carbons (Fsp3) is 0.571. The quantitative estimate of drug-likeness (QED) is 0.904. The Bertz CT molecular complexity index is 370. The van der Waals surface area contributed by atoms with Crippen molar-refractivity contribution >= 4 is 5.69 Å². The van der Waals surface area contributed by atoms with Gasteiger partial charge in [-0.3, -0.25) is 0 Å². The highest BCUT2D eigenvalue weighted by atomic mass is 19.4. The number of halogens is 3. The Kier molecular flexibility index (Phi) is 4.69. The Morgan fingerprint density at radius 2 is 1.74 bits per heavy atom. The number of para-hydroxylation sites is 1. The van der Waals surface area contributed by atoms with Crippen LogP contribution in [0.2, 0.25) is 0 Å². The van der Waals surface area contributed by atoms with Gasteiger partial charge >= 0.3 is 6.18 Å². The third-order valence-corrected chi connectivity index (χ3v) is 3.58. The molecule has 1 fully saturated rings. The van der Waals surface area contributed by atoms with Crippen molar-refractivity contribution in [3.8, 4) is 0 Å². The molecule has 5 heteroatoms. The van der Waals surface area contributed by atoms with Gasteiger partial charge in [0.15, 0.2) is 0 Å². The minimum absolute atomic E-state index is 0.231. The van der Waals surface area contributed by atoms with Crippen LogP contribution in [0.1, 0.15) is 12.8 Å². The fourth-order valence-corrected chi connectivity index (χ4v) is 2.40. The first kappa shape index (κ1) is 14.2. The average Bonchev–Trinajstić information content (AvgIpc) is 2.39. The molecule has 0 saturated carbocycles.